The zero-order chi connectivity index (χ0) is 23.0. The van der Waals surface area contributed by atoms with Crippen LogP contribution in [0.3, 0.4) is 0 Å². The molecule has 5 nitrogen and oxygen atoms in total. The minimum Gasteiger partial charge on any atom is -0.322 e. The van der Waals surface area contributed by atoms with Crippen LogP contribution in [0.15, 0.2) is 60.7 Å². The van der Waals surface area contributed by atoms with Gasteiger partial charge in [-0.2, -0.15) is 18.4 Å². The maximum absolute atomic E-state index is 13.8. The van der Waals surface area contributed by atoms with Crippen LogP contribution in [0, 0.1) is 23.0 Å². The quantitative estimate of drug-likeness (QED) is 0.429. The van der Waals surface area contributed by atoms with E-state index in [1.165, 1.54) is 48.5 Å². The highest BCUT2D eigenvalue weighted by molar-refractivity contribution is 6.04. The number of rotatable bonds is 3. The molecule has 10 heteroatoms. The molecule has 1 N–H and O–H groups in total. The van der Waals surface area contributed by atoms with Gasteiger partial charge in [0.05, 0.1) is 28.2 Å². The van der Waals surface area contributed by atoms with E-state index < -0.39 is 35.1 Å². The van der Waals surface area contributed by atoms with E-state index in [1.54, 1.807) is 0 Å². The number of anilines is 1. The van der Waals surface area contributed by atoms with Crippen LogP contribution in [0.5, 0.6) is 0 Å². The Labute approximate surface area is 177 Å². The number of aromatic nitrogens is 2. The maximum Gasteiger partial charge on any atom is 0.450 e. The molecule has 3 aromatic carbocycles. The van der Waals surface area contributed by atoms with Gasteiger partial charge in [0.25, 0.3) is 5.91 Å². The molecule has 0 saturated carbocycles. The van der Waals surface area contributed by atoms with Gasteiger partial charge in [-0.1, -0.05) is 6.07 Å². The highest BCUT2D eigenvalue weighted by Crippen LogP contribution is 2.34. The summed E-state index contributed by atoms with van der Waals surface area (Å²) in [5, 5.41) is 11.4. The van der Waals surface area contributed by atoms with Crippen LogP contribution in [0.1, 0.15) is 21.7 Å². The lowest BCUT2D eigenvalue weighted by Crippen LogP contribution is -2.15. The fraction of sp³-hybridized carbons (Fsp3) is 0.0455. The Kier molecular flexibility index (Phi) is 5.10. The summed E-state index contributed by atoms with van der Waals surface area (Å²) >= 11 is 0. The highest BCUT2D eigenvalue weighted by atomic mass is 19.4. The molecule has 0 aliphatic carbocycles. The zero-order valence-corrected chi connectivity index (χ0v) is 15.9. The Balaban J connectivity index is 1.72. The molecule has 0 aliphatic heterocycles. The van der Waals surface area contributed by atoms with Crippen molar-refractivity contribution < 1.29 is 26.7 Å². The number of nitriles is 1. The molecule has 0 bridgehead atoms. The topological polar surface area (TPSA) is 70.7 Å². The lowest BCUT2D eigenvalue weighted by molar-refractivity contribution is -0.145. The first kappa shape index (κ1) is 21.0. The summed E-state index contributed by atoms with van der Waals surface area (Å²) in [5.74, 6) is -4.59. The first-order chi connectivity index (χ1) is 15.2. The summed E-state index contributed by atoms with van der Waals surface area (Å²) in [6.07, 6.45) is -4.77. The van der Waals surface area contributed by atoms with Crippen LogP contribution in [-0.2, 0) is 6.18 Å². The van der Waals surface area contributed by atoms with Crippen molar-refractivity contribution in [2.24, 2.45) is 0 Å². The first-order valence-electron chi connectivity index (χ1n) is 9.04. The van der Waals surface area contributed by atoms with E-state index >= 15 is 0 Å². The second-order valence-corrected chi connectivity index (χ2v) is 6.69. The van der Waals surface area contributed by atoms with E-state index in [2.05, 4.69) is 10.3 Å². The molecule has 0 fully saturated rings. The van der Waals surface area contributed by atoms with Gasteiger partial charge in [0.1, 0.15) is 0 Å². The van der Waals surface area contributed by atoms with Crippen molar-refractivity contribution in [3.05, 3.63) is 89.2 Å². The summed E-state index contributed by atoms with van der Waals surface area (Å²) in [5.41, 5.74) is -0.000297. The van der Waals surface area contributed by atoms with Crippen molar-refractivity contribution in [2.75, 3.05) is 5.32 Å². The molecule has 4 rings (SSSR count). The minimum atomic E-state index is -4.77. The van der Waals surface area contributed by atoms with Crippen LogP contribution in [0.2, 0.25) is 0 Å². The summed E-state index contributed by atoms with van der Waals surface area (Å²) < 4.78 is 68.8. The molecule has 0 aliphatic rings. The smallest absolute Gasteiger partial charge is 0.322 e. The number of nitrogens with one attached hydrogen (secondary N) is 1. The number of carbonyl (C=O) groups excluding carboxylic acids is 1. The standard InChI is InChI=1S/C22H11F5N4O/c23-16-3-1-2-15(19(16)24)20(32)29-13-5-7-14(8-6-13)31-18-10-12(11-28)4-9-17(18)30-21(31)22(25,26)27/h1-10H,(H,29,32). The Morgan fingerprint density at radius 1 is 1.03 bits per heavy atom. The molecule has 0 saturated heterocycles. The molecule has 4 aromatic rings. The van der Waals surface area contributed by atoms with Crippen molar-refractivity contribution in [2.45, 2.75) is 6.18 Å². The van der Waals surface area contributed by atoms with Crippen LogP contribution in [-0.4, -0.2) is 15.5 Å². The Hall–Kier alpha value is -4.26. The van der Waals surface area contributed by atoms with Crippen molar-refractivity contribution in [3.8, 4) is 11.8 Å². The third kappa shape index (κ3) is 3.76. The summed E-state index contributed by atoms with van der Waals surface area (Å²) in [6.45, 7) is 0. The van der Waals surface area contributed by atoms with Crippen molar-refractivity contribution >= 4 is 22.6 Å². The van der Waals surface area contributed by atoms with Crippen LogP contribution in [0.4, 0.5) is 27.6 Å². The molecular formula is C22H11F5N4O. The van der Waals surface area contributed by atoms with Crippen molar-refractivity contribution in [1.29, 1.82) is 5.26 Å². The SMILES string of the molecule is N#Cc1ccc2nc(C(F)(F)F)n(-c3ccc(NC(=O)c4cccc(F)c4F)cc3)c2c1. The molecule has 160 valence electrons. The third-order valence-electron chi connectivity index (χ3n) is 4.62. The molecule has 0 spiro atoms. The zero-order valence-electron chi connectivity index (χ0n) is 15.9. The average Bonchev–Trinajstić information content (AvgIpc) is 3.15. The summed E-state index contributed by atoms with van der Waals surface area (Å²) in [7, 11) is 0. The average molecular weight is 442 g/mol. The van der Waals surface area contributed by atoms with E-state index in [1.807, 2.05) is 6.07 Å². The molecule has 1 heterocycles. The minimum absolute atomic E-state index is 0.0512. The lowest BCUT2D eigenvalue weighted by Gasteiger charge is -2.13. The molecule has 0 radical (unpaired) electrons. The van der Waals surface area contributed by atoms with Gasteiger partial charge in [0.15, 0.2) is 11.6 Å². The van der Waals surface area contributed by atoms with E-state index in [9.17, 15) is 26.7 Å². The number of hydrogen-bond donors (Lipinski definition) is 1. The number of benzene rings is 3. The van der Waals surface area contributed by atoms with Gasteiger partial charge in [-0.3, -0.25) is 9.36 Å². The van der Waals surface area contributed by atoms with Crippen LogP contribution >= 0.6 is 0 Å². The second kappa shape index (κ2) is 7.77. The van der Waals surface area contributed by atoms with E-state index in [-0.39, 0.29) is 28.0 Å². The normalized spacial score (nSPS) is 11.4. The number of hydrogen-bond acceptors (Lipinski definition) is 3. The van der Waals surface area contributed by atoms with Gasteiger partial charge in [-0.15, -0.1) is 0 Å². The number of halogens is 5. The number of nitrogens with zero attached hydrogens (tertiary/aromatic N) is 3. The first-order valence-corrected chi connectivity index (χ1v) is 9.04. The van der Waals surface area contributed by atoms with E-state index in [4.69, 9.17) is 5.26 Å². The third-order valence-corrected chi connectivity index (χ3v) is 4.62. The molecule has 0 unspecified atom stereocenters. The summed E-state index contributed by atoms with van der Waals surface area (Å²) in [6, 6.07) is 14.2. The maximum atomic E-state index is 13.8. The Morgan fingerprint density at radius 2 is 1.75 bits per heavy atom. The predicted octanol–water partition coefficient (Wildman–Crippen LogP) is 5.45. The Bertz CT molecular complexity index is 1380. The predicted molar refractivity (Wildman–Crippen MR) is 105 cm³/mol. The number of carbonyl (C=O) groups is 1. The monoisotopic (exact) mass is 442 g/mol. The Morgan fingerprint density at radius 3 is 2.41 bits per heavy atom. The molecule has 0 atom stereocenters. The van der Waals surface area contributed by atoms with Gasteiger partial charge in [0.2, 0.25) is 5.82 Å². The lowest BCUT2D eigenvalue weighted by atomic mass is 10.2. The van der Waals surface area contributed by atoms with E-state index in [0.29, 0.717) is 0 Å². The summed E-state index contributed by atoms with van der Waals surface area (Å²) in [4.78, 5) is 15.9. The van der Waals surface area contributed by atoms with Crippen LogP contribution < -0.4 is 5.32 Å². The number of alkyl halides is 3. The number of amides is 1. The fourth-order valence-corrected chi connectivity index (χ4v) is 3.17. The van der Waals surface area contributed by atoms with Gasteiger partial charge in [-0.05, 0) is 54.6 Å². The van der Waals surface area contributed by atoms with Gasteiger partial charge in [-0.25, -0.2) is 13.8 Å². The largest absolute Gasteiger partial charge is 0.450 e. The van der Waals surface area contributed by atoms with Crippen molar-refractivity contribution in [3.63, 3.8) is 0 Å². The number of imidazole rings is 1. The van der Waals surface area contributed by atoms with Gasteiger partial charge < -0.3 is 5.32 Å². The highest BCUT2D eigenvalue weighted by Gasteiger charge is 2.38. The van der Waals surface area contributed by atoms with Crippen molar-refractivity contribution in [1.82, 2.24) is 9.55 Å². The number of fused-ring (bicyclic) bond motifs is 1. The van der Waals surface area contributed by atoms with Gasteiger partial charge in [0, 0.05) is 11.4 Å². The van der Waals surface area contributed by atoms with Gasteiger partial charge >= 0.3 is 6.18 Å². The molecule has 1 amide bonds. The fourth-order valence-electron chi connectivity index (χ4n) is 3.17. The van der Waals surface area contributed by atoms with E-state index in [0.717, 1.165) is 16.7 Å². The molecule has 1 aromatic heterocycles. The van der Waals surface area contributed by atoms with Crippen LogP contribution in [0.25, 0.3) is 16.7 Å². The molecular weight excluding hydrogens is 431 g/mol. The molecule has 32 heavy (non-hydrogen) atoms. The second-order valence-electron chi connectivity index (χ2n) is 6.69.